The normalized spacial score (nSPS) is 28.1. The maximum Gasteiger partial charge on any atom is 0.236 e. The molecule has 2 fully saturated rings. The number of rotatable bonds is 6. The molecule has 0 unspecified atom stereocenters. The van der Waals surface area contributed by atoms with E-state index in [1.54, 1.807) is 0 Å². The topological polar surface area (TPSA) is 32.3 Å². The van der Waals surface area contributed by atoms with Gasteiger partial charge in [-0.15, -0.1) is 0 Å². The van der Waals surface area contributed by atoms with E-state index in [-0.39, 0.29) is 5.91 Å². The third-order valence-electron chi connectivity index (χ3n) is 4.74. The number of nitrogens with zero attached hydrogens (tertiary/aromatic N) is 1. The highest BCUT2D eigenvalue weighted by molar-refractivity contribution is 5.78. The Morgan fingerprint density at radius 3 is 2.28 bits per heavy atom. The zero-order valence-corrected chi connectivity index (χ0v) is 12.0. The highest BCUT2D eigenvalue weighted by Crippen LogP contribution is 2.30. The predicted molar refractivity (Wildman–Crippen MR) is 74.4 cm³/mol. The molecule has 1 N–H and O–H groups in total. The molecular weight excluding hydrogens is 224 g/mol. The average Bonchev–Trinajstić information content (AvgIpc) is 3.23. The Balaban J connectivity index is 1.56. The van der Waals surface area contributed by atoms with Gasteiger partial charge in [0, 0.05) is 13.1 Å². The maximum absolute atomic E-state index is 11.8. The van der Waals surface area contributed by atoms with Crippen LogP contribution in [0.15, 0.2) is 0 Å². The number of likely N-dealkylation sites (N-methyl/N-ethyl adjacent to an activating group) is 1. The molecule has 0 radical (unpaired) electrons. The molecule has 104 valence electrons. The largest absolute Gasteiger partial charge is 0.342 e. The Hall–Kier alpha value is -0.570. The standard InChI is InChI=1S/C15H28N2O/c1-3-12-4-6-13(7-5-12)10-16-11-15(18)17(2)14-8-9-14/h12-14,16H,3-11H2,1-2H3. The monoisotopic (exact) mass is 252 g/mol. The second kappa shape index (κ2) is 6.55. The smallest absolute Gasteiger partial charge is 0.236 e. The van der Waals surface area contributed by atoms with Crippen LogP contribution in [-0.4, -0.2) is 37.0 Å². The van der Waals surface area contributed by atoms with Crippen molar-refractivity contribution >= 4 is 5.91 Å². The number of hydrogen-bond acceptors (Lipinski definition) is 2. The fourth-order valence-electron chi connectivity index (χ4n) is 3.02. The van der Waals surface area contributed by atoms with E-state index in [9.17, 15) is 4.79 Å². The molecule has 1 amide bonds. The molecule has 0 atom stereocenters. The number of carbonyl (C=O) groups is 1. The lowest BCUT2D eigenvalue weighted by Gasteiger charge is -2.28. The highest BCUT2D eigenvalue weighted by atomic mass is 16.2. The van der Waals surface area contributed by atoms with Crippen LogP contribution in [0.3, 0.4) is 0 Å². The van der Waals surface area contributed by atoms with E-state index in [2.05, 4.69) is 12.2 Å². The van der Waals surface area contributed by atoms with Crippen molar-refractivity contribution in [3.05, 3.63) is 0 Å². The Morgan fingerprint density at radius 1 is 1.11 bits per heavy atom. The van der Waals surface area contributed by atoms with Crippen molar-refractivity contribution in [1.29, 1.82) is 0 Å². The van der Waals surface area contributed by atoms with E-state index in [4.69, 9.17) is 0 Å². The Bertz CT molecular complexity index is 268. The fourth-order valence-corrected chi connectivity index (χ4v) is 3.02. The van der Waals surface area contributed by atoms with Crippen LogP contribution >= 0.6 is 0 Å². The summed E-state index contributed by atoms with van der Waals surface area (Å²) in [6.07, 6.45) is 9.20. The molecular formula is C15H28N2O. The number of carbonyl (C=O) groups excluding carboxylic acids is 1. The van der Waals surface area contributed by atoms with Crippen LogP contribution in [0.4, 0.5) is 0 Å². The first kappa shape index (κ1) is 13.9. The summed E-state index contributed by atoms with van der Waals surface area (Å²) in [5.74, 6) is 2.02. The van der Waals surface area contributed by atoms with Crippen LogP contribution in [0.25, 0.3) is 0 Å². The molecule has 2 saturated carbocycles. The molecule has 0 bridgehead atoms. The molecule has 0 aromatic heterocycles. The lowest BCUT2D eigenvalue weighted by Crippen LogP contribution is -2.38. The molecule has 0 aliphatic heterocycles. The molecule has 0 spiro atoms. The molecule has 0 aromatic rings. The van der Waals surface area contributed by atoms with Crippen molar-refractivity contribution in [3.63, 3.8) is 0 Å². The number of hydrogen-bond donors (Lipinski definition) is 1. The van der Waals surface area contributed by atoms with Gasteiger partial charge in [-0.3, -0.25) is 4.79 Å². The van der Waals surface area contributed by atoms with Gasteiger partial charge >= 0.3 is 0 Å². The second-order valence-corrected chi connectivity index (χ2v) is 6.16. The summed E-state index contributed by atoms with van der Waals surface area (Å²) >= 11 is 0. The van der Waals surface area contributed by atoms with E-state index in [0.29, 0.717) is 12.6 Å². The number of nitrogens with one attached hydrogen (secondary N) is 1. The van der Waals surface area contributed by atoms with E-state index in [1.165, 1.54) is 44.9 Å². The van der Waals surface area contributed by atoms with Gasteiger partial charge in [-0.2, -0.15) is 0 Å². The molecule has 0 aromatic carbocycles. The van der Waals surface area contributed by atoms with E-state index < -0.39 is 0 Å². The molecule has 0 saturated heterocycles. The van der Waals surface area contributed by atoms with Gasteiger partial charge in [0.15, 0.2) is 0 Å². The average molecular weight is 252 g/mol. The molecule has 0 heterocycles. The second-order valence-electron chi connectivity index (χ2n) is 6.16. The lowest BCUT2D eigenvalue weighted by atomic mass is 9.81. The van der Waals surface area contributed by atoms with Crippen molar-refractivity contribution in [2.24, 2.45) is 11.8 Å². The molecule has 3 nitrogen and oxygen atoms in total. The van der Waals surface area contributed by atoms with E-state index >= 15 is 0 Å². The zero-order chi connectivity index (χ0) is 13.0. The molecule has 18 heavy (non-hydrogen) atoms. The third-order valence-corrected chi connectivity index (χ3v) is 4.74. The highest BCUT2D eigenvalue weighted by Gasteiger charge is 2.29. The zero-order valence-electron chi connectivity index (χ0n) is 12.0. The third kappa shape index (κ3) is 3.98. The minimum absolute atomic E-state index is 0.264. The Morgan fingerprint density at radius 2 is 1.72 bits per heavy atom. The fraction of sp³-hybridized carbons (Fsp3) is 0.933. The minimum atomic E-state index is 0.264. The van der Waals surface area contributed by atoms with Crippen molar-refractivity contribution in [2.45, 2.75) is 57.9 Å². The summed E-state index contributed by atoms with van der Waals surface area (Å²) < 4.78 is 0. The van der Waals surface area contributed by atoms with Crippen LogP contribution < -0.4 is 5.32 Å². The van der Waals surface area contributed by atoms with Crippen LogP contribution in [0.1, 0.15) is 51.9 Å². The van der Waals surface area contributed by atoms with Crippen LogP contribution in [-0.2, 0) is 4.79 Å². The van der Waals surface area contributed by atoms with Crippen molar-refractivity contribution in [1.82, 2.24) is 10.2 Å². The quantitative estimate of drug-likeness (QED) is 0.787. The van der Waals surface area contributed by atoms with Gasteiger partial charge in [-0.1, -0.05) is 26.2 Å². The molecule has 2 aliphatic carbocycles. The Kier molecular flexibility index (Phi) is 5.04. The maximum atomic E-state index is 11.8. The summed E-state index contributed by atoms with van der Waals surface area (Å²) in [6.45, 7) is 3.86. The molecule has 2 rings (SSSR count). The van der Waals surface area contributed by atoms with Gasteiger partial charge < -0.3 is 10.2 Å². The summed E-state index contributed by atoms with van der Waals surface area (Å²) in [5.41, 5.74) is 0. The number of amides is 1. The summed E-state index contributed by atoms with van der Waals surface area (Å²) in [6, 6.07) is 0.541. The first-order valence-corrected chi connectivity index (χ1v) is 7.67. The minimum Gasteiger partial charge on any atom is -0.342 e. The summed E-state index contributed by atoms with van der Waals surface area (Å²) in [5, 5.41) is 3.36. The van der Waals surface area contributed by atoms with Crippen LogP contribution in [0, 0.1) is 11.8 Å². The van der Waals surface area contributed by atoms with Gasteiger partial charge in [-0.05, 0) is 44.1 Å². The van der Waals surface area contributed by atoms with Gasteiger partial charge in [0.25, 0.3) is 0 Å². The predicted octanol–water partition coefficient (Wildman–Crippen LogP) is 2.41. The summed E-state index contributed by atoms with van der Waals surface area (Å²) in [4.78, 5) is 13.7. The molecule has 3 heteroatoms. The first-order chi connectivity index (χ1) is 8.70. The van der Waals surface area contributed by atoms with Crippen LogP contribution in [0.5, 0.6) is 0 Å². The van der Waals surface area contributed by atoms with Crippen molar-refractivity contribution in [2.75, 3.05) is 20.1 Å². The van der Waals surface area contributed by atoms with Gasteiger partial charge in [0.05, 0.1) is 6.54 Å². The Labute approximate surface area is 111 Å². The van der Waals surface area contributed by atoms with Gasteiger partial charge in [0.1, 0.15) is 0 Å². The molecule has 2 aliphatic rings. The van der Waals surface area contributed by atoms with Gasteiger partial charge in [-0.25, -0.2) is 0 Å². The SMILES string of the molecule is CCC1CCC(CNCC(=O)N(C)C2CC2)CC1. The lowest BCUT2D eigenvalue weighted by molar-refractivity contribution is -0.129. The van der Waals surface area contributed by atoms with Crippen molar-refractivity contribution < 1.29 is 4.79 Å². The first-order valence-electron chi connectivity index (χ1n) is 7.67. The summed E-state index contributed by atoms with van der Waals surface area (Å²) in [7, 11) is 1.94. The van der Waals surface area contributed by atoms with E-state index in [0.717, 1.165) is 18.4 Å². The van der Waals surface area contributed by atoms with Gasteiger partial charge in [0.2, 0.25) is 5.91 Å². The van der Waals surface area contributed by atoms with E-state index in [1.807, 2.05) is 11.9 Å². The van der Waals surface area contributed by atoms with Crippen molar-refractivity contribution in [3.8, 4) is 0 Å². The van der Waals surface area contributed by atoms with Crippen LogP contribution in [0.2, 0.25) is 0 Å².